The molecule has 0 atom stereocenters. The van der Waals surface area contributed by atoms with Gasteiger partial charge in [0.15, 0.2) is 0 Å². The number of morpholine rings is 1. The van der Waals surface area contributed by atoms with Crippen LogP contribution in [0.3, 0.4) is 0 Å². The van der Waals surface area contributed by atoms with Gasteiger partial charge in [-0.3, -0.25) is 14.5 Å². The van der Waals surface area contributed by atoms with E-state index in [0.29, 0.717) is 17.0 Å². The predicted molar refractivity (Wildman–Crippen MR) is 159 cm³/mol. The van der Waals surface area contributed by atoms with Crippen LogP contribution in [-0.2, 0) is 24.2 Å². The van der Waals surface area contributed by atoms with E-state index < -0.39 is 0 Å². The second kappa shape index (κ2) is 11.8. The van der Waals surface area contributed by atoms with Crippen LogP contribution in [0.1, 0.15) is 27.2 Å². The van der Waals surface area contributed by atoms with Crippen molar-refractivity contribution in [3.05, 3.63) is 86.3 Å². The molecule has 2 aromatic carbocycles. The lowest BCUT2D eigenvalue weighted by molar-refractivity contribution is 0.0342. The summed E-state index contributed by atoms with van der Waals surface area (Å²) < 4.78 is 7.60. The lowest BCUT2D eigenvalue weighted by atomic mass is 10.0. The number of ether oxygens (including phenoxy) is 1. The molecule has 2 fully saturated rings. The van der Waals surface area contributed by atoms with E-state index in [2.05, 4.69) is 43.6 Å². The molecule has 0 radical (unpaired) electrons. The summed E-state index contributed by atoms with van der Waals surface area (Å²) in [6.45, 7) is 9.47. The van der Waals surface area contributed by atoms with Gasteiger partial charge in [0.1, 0.15) is 5.56 Å². The number of aromatic nitrogens is 1. The predicted octanol–water partition coefficient (Wildman–Crippen LogP) is 3.10. The molecule has 1 amide bonds. The van der Waals surface area contributed by atoms with Crippen molar-refractivity contribution in [3.63, 3.8) is 0 Å². The maximum Gasteiger partial charge on any atom is 0.257 e. The summed E-state index contributed by atoms with van der Waals surface area (Å²) >= 11 is 6.00. The molecule has 2 aliphatic heterocycles. The summed E-state index contributed by atoms with van der Waals surface area (Å²) in [6, 6.07) is 13.7. The number of amides is 1. The number of carbonyl (C=O) groups excluding carboxylic acids is 1. The van der Waals surface area contributed by atoms with E-state index in [9.17, 15) is 9.59 Å². The SMILES string of the molecule is CN1CCN(CCc2cc3cc(CN4CCOCC4)cc4c(=O)c(C(=O)NCc5ccc(Cl)cc5)cn2c34)CC1. The van der Waals surface area contributed by atoms with Gasteiger partial charge in [0.25, 0.3) is 5.91 Å². The molecule has 0 spiro atoms. The highest BCUT2D eigenvalue weighted by molar-refractivity contribution is 6.30. The van der Waals surface area contributed by atoms with Crippen molar-refractivity contribution in [2.75, 3.05) is 66.1 Å². The Morgan fingerprint density at radius 1 is 0.950 bits per heavy atom. The van der Waals surface area contributed by atoms with E-state index >= 15 is 0 Å². The Labute approximate surface area is 239 Å². The minimum Gasteiger partial charge on any atom is -0.379 e. The van der Waals surface area contributed by atoms with Crippen molar-refractivity contribution >= 4 is 33.8 Å². The number of hydrogen-bond donors (Lipinski definition) is 1. The molecule has 6 rings (SSSR count). The number of hydrogen-bond acceptors (Lipinski definition) is 6. The molecule has 8 nitrogen and oxygen atoms in total. The number of rotatable bonds is 8. The highest BCUT2D eigenvalue weighted by atomic mass is 35.5. The van der Waals surface area contributed by atoms with Crippen LogP contribution < -0.4 is 10.7 Å². The lowest BCUT2D eigenvalue weighted by Gasteiger charge is -2.32. The fourth-order valence-corrected chi connectivity index (χ4v) is 5.96. The second-order valence-corrected chi connectivity index (χ2v) is 11.5. The molecule has 210 valence electrons. The van der Waals surface area contributed by atoms with Crippen LogP contribution in [0, 0.1) is 0 Å². The van der Waals surface area contributed by atoms with Gasteiger partial charge < -0.3 is 24.3 Å². The van der Waals surface area contributed by atoms with Crippen molar-refractivity contribution < 1.29 is 9.53 Å². The average Bonchev–Trinajstić information content (AvgIpc) is 3.32. The first-order chi connectivity index (χ1) is 19.4. The van der Waals surface area contributed by atoms with E-state index in [-0.39, 0.29) is 16.9 Å². The number of halogens is 1. The number of pyridine rings is 1. The summed E-state index contributed by atoms with van der Waals surface area (Å²) in [7, 11) is 2.17. The van der Waals surface area contributed by atoms with Crippen LogP contribution in [0.15, 0.2) is 53.5 Å². The van der Waals surface area contributed by atoms with Crippen molar-refractivity contribution in [1.29, 1.82) is 0 Å². The Morgan fingerprint density at radius 3 is 2.45 bits per heavy atom. The number of carbonyl (C=O) groups is 1. The van der Waals surface area contributed by atoms with Gasteiger partial charge in [0.2, 0.25) is 5.43 Å². The Morgan fingerprint density at radius 2 is 1.70 bits per heavy atom. The lowest BCUT2D eigenvalue weighted by Crippen LogP contribution is -2.45. The molecule has 0 saturated carbocycles. The van der Waals surface area contributed by atoms with Crippen LogP contribution in [0.2, 0.25) is 5.02 Å². The molecule has 9 heteroatoms. The first-order valence-electron chi connectivity index (χ1n) is 14.1. The van der Waals surface area contributed by atoms with Gasteiger partial charge in [-0.1, -0.05) is 23.7 Å². The van der Waals surface area contributed by atoms with Crippen LogP contribution in [0.5, 0.6) is 0 Å². The monoisotopic (exact) mass is 561 g/mol. The van der Waals surface area contributed by atoms with E-state index in [0.717, 1.165) is 99.7 Å². The average molecular weight is 562 g/mol. The van der Waals surface area contributed by atoms with Crippen molar-refractivity contribution in [2.45, 2.75) is 19.5 Å². The molecule has 2 saturated heterocycles. The largest absolute Gasteiger partial charge is 0.379 e. The second-order valence-electron chi connectivity index (χ2n) is 11.1. The number of nitrogens with one attached hydrogen (secondary N) is 1. The summed E-state index contributed by atoms with van der Waals surface area (Å²) in [6.07, 6.45) is 2.59. The van der Waals surface area contributed by atoms with Gasteiger partial charge in [-0.25, -0.2) is 0 Å². The molecule has 40 heavy (non-hydrogen) atoms. The Kier molecular flexibility index (Phi) is 8.05. The topological polar surface area (TPSA) is 69.5 Å². The van der Waals surface area contributed by atoms with Gasteiger partial charge >= 0.3 is 0 Å². The maximum absolute atomic E-state index is 13.8. The van der Waals surface area contributed by atoms with E-state index in [1.54, 1.807) is 18.3 Å². The highest BCUT2D eigenvalue weighted by Gasteiger charge is 2.21. The molecule has 0 unspecified atom stereocenters. The first kappa shape index (κ1) is 27.2. The van der Waals surface area contributed by atoms with Gasteiger partial charge in [-0.15, -0.1) is 0 Å². The fourth-order valence-electron chi connectivity index (χ4n) is 5.83. The summed E-state index contributed by atoms with van der Waals surface area (Å²) in [5, 5.41) is 5.24. The highest BCUT2D eigenvalue weighted by Crippen LogP contribution is 2.27. The summed E-state index contributed by atoms with van der Waals surface area (Å²) in [5.41, 5.74) is 3.98. The first-order valence-corrected chi connectivity index (χ1v) is 14.5. The van der Waals surface area contributed by atoms with Gasteiger partial charge in [-0.05, 0) is 48.5 Å². The quantitative estimate of drug-likeness (QED) is 0.357. The molecule has 1 N–H and O–H groups in total. The smallest absolute Gasteiger partial charge is 0.257 e. The summed E-state index contributed by atoms with van der Waals surface area (Å²) in [5.74, 6) is -0.365. The zero-order valence-electron chi connectivity index (χ0n) is 23.0. The Bertz CT molecular complexity index is 1540. The third-order valence-electron chi connectivity index (χ3n) is 8.22. The van der Waals surface area contributed by atoms with Crippen LogP contribution in [0.4, 0.5) is 0 Å². The third-order valence-corrected chi connectivity index (χ3v) is 8.47. The maximum atomic E-state index is 13.8. The van der Waals surface area contributed by atoms with Gasteiger partial charge in [0.05, 0.1) is 18.7 Å². The molecular weight excluding hydrogens is 526 g/mol. The van der Waals surface area contributed by atoms with E-state index in [1.165, 1.54) is 0 Å². The number of likely N-dealkylation sites (N-methyl/N-ethyl adjacent to an activating group) is 1. The molecule has 2 aliphatic rings. The zero-order chi connectivity index (χ0) is 27.6. The molecule has 2 aromatic heterocycles. The standard InChI is InChI=1S/C31H36ClN5O3/c1-34-8-10-35(11-9-34)7-6-26-18-24-16-23(20-36-12-14-40-15-13-36)17-27-29(24)37(26)21-28(30(27)38)31(39)33-19-22-2-4-25(32)5-3-22/h2-5,16-18,21H,6-15,19-20H2,1H3,(H,33,39). The third kappa shape index (κ3) is 5.87. The number of nitrogens with zero attached hydrogens (tertiary/aromatic N) is 4. The van der Waals surface area contributed by atoms with Crippen LogP contribution >= 0.6 is 11.6 Å². The Hall–Kier alpha value is -3.01. The van der Waals surface area contributed by atoms with Crippen molar-refractivity contribution in [1.82, 2.24) is 24.4 Å². The van der Waals surface area contributed by atoms with Gasteiger partial charge in [0, 0.05) is 93.0 Å². The van der Waals surface area contributed by atoms with E-state index in [1.807, 2.05) is 18.2 Å². The molecule has 4 heterocycles. The summed E-state index contributed by atoms with van der Waals surface area (Å²) in [4.78, 5) is 34.4. The fraction of sp³-hybridized carbons (Fsp3) is 0.419. The van der Waals surface area contributed by atoms with E-state index in [4.69, 9.17) is 16.3 Å². The van der Waals surface area contributed by atoms with Crippen LogP contribution in [-0.4, -0.2) is 91.1 Å². The van der Waals surface area contributed by atoms with Crippen LogP contribution in [0.25, 0.3) is 16.3 Å². The van der Waals surface area contributed by atoms with Crippen molar-refractivity contribution in [3.8, 4) is 0 Å². The zero-order valence-corrected chi connectivity index (χ0v) is 23.8. The molecule has 0 aliphatic carbocycles. The number of piperazine rings is 1. The number of benzene rings is 2. The Balaban J connectivity index is 1.33. The van der Waals surface area contributed by atoms with Crippen molar-refractivity contribution in [2.24, 2.45) is 0 Å². The normalized spacial score (nSPS) is 17.6. The minimum absolute atomic E-state index is 0.170. The molecule has 4 aromatic rings. The van der Waals surface area contributed by atoms with Gasteiger partial charge in [-0.2, -0.15) is 0 Å². The minimum atomic E-state index is -0.365. The molecule has 0 bridgehead atoms. The molecular formula is C31H36ClN5O3.